The molecule has 128 valence electrons. The van der Waals surface area contributed by atoms with Crippen LogP contribution >= 0.6 is 11.3 Å². The van der Waals surface area contributed by atoms with Crippen molar-refractivity contribution in [3.63, 3.8) is 0 Å². The van der Waals surface area contributed by atoms with E-state index in [0.717, 1.165) is 44.4 Å². The highest BCUT2D eigenvalue weighted by molar-refractivity contribution is 7.09. The number of hydrogen-bond acceptors (Lipinski definition) is 4. The minimum Gasteiger partial charge on any atom is -0.357 e. The summed E-state index contributed by atoms with van der Waals surface area (Å²) < 4.78 is 0. The number of nitrogens with zero attached hydrogens (tertiary/aromatic N) is 3. The third-order valence-corrected chi connectivity index (χ3v) is 5.10. The van der Waals surface area contributed by atoms with Crippen molar-refractivity contribution in [1.82, 2.24) is 15.6 Å². The minimum atomic E-state index is 0.752. The van der Waals surface area contributed by atoms with Gasteiger partial charge in [-0.2, -0.15) is 0 Å². The first-order chi connectivity index (χ1) is 11.8. The number of rotatable bonds is 6. The lowest BCUT2D eigenvalue weighted by atomic mass is 10.2. The number of aliphatic imine (C=N–C) groups is 1. The van der Waals surface area contributed by atoms with Crippen molar-refractivity contribution in [2.45, 2.75) is 25.8 Å². The van der Waals surface area contributed by atoms with Crippen molar-refractivity contribution in [2.24, 2.45) is 4.99 Å². The monoisotopic (exact) mass is 343 g/mol. The second-order valence-corrected chi connectivity index (χ2v) is 6.93. The largest absolute Gasteiger partial charge is 0.357 e. The molecular weight excluding hydrogens is 318 g/mol. The fraction of sp³-hybridized carbons (Fsp3) is 0.444. The van der Waals surface area contributed by atoms with Crippen LogP contribution in [-0.2, 0) is 13.0 Å². The van der Waals surface area contributed by atoms with Crippen LogP contribution in [0.25, 0.3) is 0 Å². The molecule has 5 nitrogen and oxygen atoms in total. The Kier molecular flexibility index (Phi) is 6.07. The van der Waals surface area contributed by atoms with Crippen LogP contribution in [0.1, 0.15) is 23.3 Å². The molecule has 3 rings (SSSR count). The van der Waals surface area contributed by atoms with Gasteiger partial charge in [-0.25, -0.2) is 4.98 Å². The van der Waals surface area contributed by atoms with E-state index < -0.39 is 0 Å². The van der Waals surface area contributed by atoms with Gasteiger partial charge in [0.2, 0.25) is 0 Å². The molecule has 0 amide bonds. The predicted molar refractivity (Wildman–Crippen MR) is 102 cm³/mol. The van der Waals surface area contributed by atoms with Crippen molar-refractivity contribution in [3.05, 3.63) is 46.3 Å². The average molecular weight is 344 g/mol. The maximum Gasteiger partial charge on any atom is 0.191 e. The Morgan fingerprint density at radius 1 is 1.29 bits per heavy atom. The standard InChI is InChI=1S/C18H25N5S/c1-19-18(21-9-7-16-5-4-12-24-16)22-14-15-6-8-20-17(13-15)23-10-2-3-11-23/h4-6,8,12-13H,2-3,7,9-11,14H2,1H3,(H2,19,21,22). The molecule has 1 fully saturated rings. The van der Waals surface area contributed by atoms with Crippen LogP contribution < -0.4 is 15.5 Å². The number of pyridine rings is 1. The van der Waals surface area contributed by atoms with Gasteiger partial charge in [-0.1, -0.05) is 6.07 Å². The molecular formula is C18H25N5S. The molecule has 0 aromatic carbocycles. The second kappa shape index (κ2) is 8.68. The van der Waals surface area contributed by atoms with Gasteiger partial charge >= 0.3 is 0 Å². The smallest absolute Gasteiger partial charge is 0.191 e. The summed E-state index contributed by atoms with van der Waals surface area (Å²) in [6, 6.07) is 8.50. The first-order valence-electron chi connectivity index (χ1n) is 8.52. The summed E-state index contributed by atoms with van der Waals surface area (Å²) in [5.74, 6) is 1.93. The topological polar surface area (TPSA) is 52.6 Å². The number of nitrogens with one attached hydrogen (secondary N) is 2. The van der Waals surface area contributed by atoms with E-state index in [1.165, 1.54) is 23.3 Å². The molecule has 0 atom stereocenters. The molecule has 0 spiro atoms. The summed E-state index contributed by atoms with van der Waals surface area (Å²) in [7, 11) is 1.81. The van der Waals surface area contributed by atoms with Crippen molar-refractivity contribution in [3.8, 4) is 0 Å². The van der Waals surface area contributed by atoms with Crippen LogP contribution in [0.5, 0.6) is 0 Å². The van der Waals surface area contributed by atoms with E-state index >= 15 is 0 Å². The maximum atomic E-state index is 4.50. The third kappa shape index (κ3) is 4.71. The first-order valence-corrected chi connectivity index (χ1v) is 9.40. The number of aromatic nitrogens is 1. The zero-order valence-electron chi connectivity index (χ0n) is 14.2. The molecule has 1 aliphatic heterocycles. The van der Waals surface area contributed by atoms with Gasteiger partial charge in [-0.05, 0) is 48.4 Å². The molecule has 0 radical (unpaired) electrons. The zero-order valence-corrected chi connectivity index (χ0v) is 15.0. The first kappa shape index (κ1) is 16.8. The van der Waals surface area contributed by atoms with Crippen LogP contribution in [0.3, 0.4) is 0 Å². The van der Waals surface area contributed by atoms with Crippen LogP contribution in [0.15, 0.2) is 40.8 Å². The van der Waals surface area contributed by atoms with E-state index in [0.29, 0.717) is 0 Å². The predicted octanol–water partition coefficient (Wildman–Crippen LogP) is 2.65. The van der Waals surface area contributed by atoms with Crippen molar-refractivity contribution in [1.29, 1.82) is 0 Å². The fourth-order valence-electron chi connectivity index (χ4n) is 2.86. The summed E-state index contributed by atoms with van der Waals surface area (Å²) in [6.07, 6.45) is 5.46. The Morgan fingerprint density at radius 2 is 2.17 bits per heavy atom. The van der Waals surface area contributed by atoms with E-state index in [4.69, 9.17) is 0 Å². The van der Waals surface area contributed by atoms with E-state index in [-0.39, 0.29) is 0 Å². The third-order valence-electron chi connectivity index (χ3n) is 4.17. The Hall–Kier alpha value is -2.08. The summed E-state index contributed by atoms with van der Waals surface area (Å²) in [4.78, 5) is 12.5. The SMILES string of the molecule is CN=C(NCCc1cccs1)NCc1ccnc(N2CCCC2)c1. The number of hydrogen-bond donors (Lipinski definition) is 2. The molecule has 0 bridgehead atoms. The van der Waals surface area contributed by atoms with Crippen molar-refractivity contribution >= 4 is 23.1 Å². The van der Waals surface area contributed by atoms with Crippen LogP contribution in [-0.4, -0.2) is 37.6 Å². The summed E-state index contributed by atoms with van der Waals surface area (Å²) in [5, 5.41) is 8.86. The Balaban J connectivity index is 1.47. The number of thiophene rings is 1. The quantitative estimate of drug-likeness (QED) is 0.625. The van der Waals surface area contributed by atoms with Gasteiger partial charge in [0.05, 0.1) is 0 Å². The molecule has 3 heterocycles. The van der Waals surface area contributed by atoms with Gasteiger partial charge in [0, 0.05) is 44.3 Å². The highest BCUT2D eigenvalue weighted by Crippen LogP contribution is 2.18. The van der Waals surface area contributed by atoms with E-state index in [9.17, 15) is 0 Å². The molecule has 0 aliphatic carbocycles. The van der Waals surface area contributed by atoms with Crippen LogP contribution in [0, 0.1) is 0 Å². The van der Waals surface area contributed by atoms with Crippen LogP contribution in [0.4, 0.5) is 5.82 Å². The summed E-state index contributed by atoms with van der Waals surface area (Å²) >= 11 is 1.79. The average Bonchev–Trinajstić information content (AvgIpc) is 3.31. The minimum absolute atomic E-state index is 0.752. The Morgan fingerprint density at radius 3 is 2.92 bits per heavy atom. The summed E-state index contributed by atoms with van der Waals surface area (Å²) in [6.45, 7) is 3.88. The zero-order chi connectivity index (χ0) is 16.6. The number of guanidine groups is 1. The van der Waals surface area contributed by atoms with Crippen LogP contribution in [0.2, 0.25) is 0 Å². The Bertz CT molecular complexity index is 647. The van der Waals surface area contributed by atoms with Gasteiger partial charge in [-0.3, -0.25) is 4.99 Å². The highest BCUT2D eigenvalue weighted by Gasteiger charge is 2.13. The molecule has 1 aliphatic rings. The molecule has 2 aromatic rings. The molecule has 24 heavy (non-hydrogen) atoms. The Labute approximate surface area is 147 Å². The molecule has 1 saturated heterocycles. The van der Waals surface area contributed by atoms with Gasteiger partial charge in [-0.15, -0.1) is 11.3 Å². The van der Waals surface area contributed by atoms with Gasteiger partial charge in [0.1, 0.15) is 5.82 Å². The number of anilines is 1. The lowest BCUT2D eigenvalue weighted by Gasteiger charge is -2.17. The maximum absolute atomic E-state index is 4.50. The molecule has 0 saturated carbocycles. The lowest BCUT2D eigenvalue weighted by molar-refractivity contribution is 0.797. The van der Waals surface area contributed by atoms with E-state index in [1.54, 1.807) is 11.3 Å². The van der Waals surface area contributed by atoms with E-state index in [1.807, 2.05) is 13.2 Å². The van der Waals surface area contributed by atoms with Gasteiger partial charge in [0.25, 0.3) is 0 Å². The van der Waals surface area contributed by atoms with Crippen molar-refractivity contribution < 1.29 is 0 Å². The highest BCUT2D eigenvalue weighted by atomic mass is 32.1. The normalized spacial score (nSPS) is 14.9. The van der Waals surface area contributed by atoms with Gasteiger partial charge in [0.15, 0.2) is 5.96 Å². The second-order valence-electron chi connectivity index (χ2n) is 5.90. The van der Waals surface area contributed by atoms with Crippen molar-refractivity contribution in [2.75, 3.05) is 31.6 Å². The molecule has 0 unspecified atom stereocenters. The van der Waals surface area contributed by atoms with E-state index in [2.05, 4.69) is 55.2 Å². The lowest BCUT2D eigenvalue weighted by Crippen LogP contribution is -2.37. The fourth-order valence-corrected chi connectivity index (χ4v) is 3.56. The summed E-state index contributed by atoms with van der Waals surface area (Å²) in [5.41, 5.74) is 1.23. The molecule has 6 heteroatoms. The van der Waals surface area contributed by atoms with Gasteiger partial charge < -0.3 is 15.5 Å². The molecule has 2 aromatic heterocycles. The molecule has 2 N–H and O–H groups in total.